The van der Waals surface area contributed by atoms with Crippen molar-refractivity contribution in [1.29, 1.82) is 0 Å². The first-order valence-corrected chi connectivity index (χ1v) is 4.91. The van der Waals surface area contributed by atoms with E-state index in [-0.39, 0.29) is 18.0 Å². The van der Waals surface area contributed by atoms with Crippen molar-refractivity contribution < 1.29 is 22.6 Å². The lowest BCUT2D eigenvalue weighted by Gasteiger charge is -2.18. The number of benzene rings is 1. The maximum Gasteiger partial charge on any atom is 0.390 e. The Labute approximate surface area is 109 Å². The van der Waals surface area contributed by atoms with Crippen LogP contribution in [0.5, 0.6) is 11.5 Å². The lowest BCUT2D eigenvalue weighted by Crippen LogP contribution is -2.20. The maximum absolute atomic E-state index is 12.3. The number of halogens is 4. The second-order valence-corrected chi connectivity index (χ2v) is 3.53. The molecule has 104 valence electrons. The Hall–Kier alpha value is -1.14. The minimum absolute atomic E-state index is 0. The minimum Gasteiger partial charge on any atom is -0.497 e. The van der Waals surface area contributed by atoms with Crippen molar-refractivity contribution in [3.63, 3.8) is 0 Å². The Morgan fingerprint density at radius 2 is 1.83 bits per heavy atom. The quantitative estimate of drug-likeness (QED) is 0.924. The molecule has 2 N–H and O–H groups in total. The zero-order valence-electron chi connectivity index (χ0n) is 9.95. The fraction of sp³-hybridized carbons (Fsp3) is 0.455. The van der Waals surface area contributed by atoms with Gasteiger partial charge in [-0.1, -0.05) is 0 Å². The molecule has 0 saturated heterocycles. The Bertz CT molecular complexity index is 385. The van der Waals surface area contributed by atoms with E-state index in [2.05, 4.69) is 0 Å². The molecular weight excluding hydrogens is 271 g/mol. The molecule has 0 bridgehead atoms. The summed E-state index contributed by atoms with van der Waals surface area (Å²) in [5.74, 6) is 0.765. The van der Waals surface area contributed by atoms with Gasteiger partial charge < -0.3 is 15.2 Å². The molecule has 0 aromatic heterocycles. The van der Waals surface area contributed by atoms with Crippen molar-refractivity contribution in [1.82, 2.24) is 0 Å². The van der Waals surface area contributed by atoms with Gasteiger partial charge in [-0.2, -0.15) is 13.2 Å². The van der Waals surface area contributed by atoms with Crippen molar-refractivity contribution in [2.24, 2.45) is 5.73 Å². The first kappa shape index (κ1) is 16.9. The smallest absolute Gasteiger partial charge is 0.390 e. The van der Waals surface area contributed by atoms with Crippen LogP contribution in [0.1, 0.15) is 18.0 Å². The van der Waals surface area contributed by atoms with Gasteiger partial charge in [0.05, 0.1) is 20.6 Å². The molecule has 0 saturated carbocycles. The predicted octanol–water partition coefficient (Wildman–Crippen LogP) is 3.08. The van der Waals surface area contributed by atoms with E-state index in [1.54, 1.807) is 6.07 Å². The zero-order chi connectivity index (χ0) is 13.1. The molecule has 0 unspecified atom stereocenters. The highest BCUT2D eigenvalue weighted by atomic mass is 35.5. The fourth-order valence-electron chi connectivity index (χ4n) is 1.49. The van der Waals surface area contributed by atoms with Crippen LogP contribution in [0.2, 0.25) is 0 Å². The summed E-state index contributed by atoms with van der Waals surface area (Å²) >= 11 is 0. The van der Waals surface area contributed by atoms with Gasteiger partial charge in [0.1, 0.15) is 11.5 Å². The van der Waals surface area contributed by atoms with Crippen LogP contribution in [0, 0.1) is 0 Å². The average Bonchev–Trinajstić information content (AvgIpc) is 2.25. The second kappa shape index (κ2) is 6.70. The van der Waals surface area contributed by atoms with Gasteiger partial charge >= 0.3 is 6.18 Å². The highest BCUT2D eigenvalue weighted by molar-refractivity contribution is 5.85. The number of nitrogens with two attached hydrogens (primary N) is 1. The molecule has 0 aliphatic heterocycles. The highest BCUT2D eigenvalue weighted by Gasteiger charge is 2.32. The Kier molecular flexibility index (Phi) is 6.28. The molecule has 1 aromatic carbocycles. The van der Waals surface area contributed by atoms with Crippen molar-refractivity contribution in [2.45, 2.75) is 18.6 Å². The van der Waals surface area contributed by atoms with Crippen LogP contribution in [0.15, 0.2) is 18.2 Å². The standard InChI is InChI=1S/C11H14F3NO2.ClH/c1-16-7-3-4-10(17-2)8(5-7)9(15)6-11(12,13)14;/h3-5,9H,6,15H2,1-2H3;1H/t9-;/m0./s1. The second-order valence-electron chi connectivity index (χ2n) is 3.53. The number of alkyl halides is 3. The fourth-order valence-corrected chi connectivity index (χ4v) is 1.49. The van der Waals surface area contributed by atoms with E-state index < -0.39 is 18.6 Å². The molecule has 7 heteroatoms. The third-order valence-corrected chi connectivity index (χ3v) is 2.29. The molecule has 1 rings (SSSR count). The molecule has 0 aliphatic carbocycles. The third kappa shape index (κ3) is 4.62. The van der Waals surface area contributed by atoms with Crippen molar-refractivity contribution in [3.8, 4) is 11.5 Å². The monoisotopic (exact) mass is 285 g/mol. The lowest BCUT2D eigenvalue weighted by molar-refractivity contribution is -0.138. The van der Waals surface area contributed by atoms with Gasteiger partial charge in [0.2, 0.25) is 0 Å². The Morgan fingerprint density at radius 1 is 1.22 bits per heavy atom. The molecule has 0 spiro atoms. The molecule has 3 nitrogen and oxygen atoms in total. The normalized spacial score (nSPS) is 12.6. The largest absolute Gasteiger partial charge is 0.497 e. The molecule has 18 heavy (non-hydrogen) atoms. The number of methoxy groups -OCH3 is 2. The van der Waals surface area contributed by atoms with Crippen molar-refractivity contribution >= 4 is 12.4 Å². The number of ether oxygens (including phenoxy) is 2. The van der Waals surface area contributed by atoms with E-state index in [9.17, 15) is 13.2 Å². The summed E-state index contributed by atoms with van der Waals surface area (Å²) in [7, 11) is 2.81. The van der Waals surface area contributed by atoms with E-state index in [4.69, 9.17) is 15.2 Å². The van der Waals surface area contributed by atoms with Gasteiger partial charge in [0, 0.05) is 11.6 Å². The van der Waals surface area contributed by atoms with Gasteiger partial charge in [-0.3, -0.25) is 0 Å². The molecule has 1 aromatic rings. The van der Waals surface area contributed by atoms with Gasteiger partial charge in [0.25, 0.3) is 0 Å². The average molecular weight is 286 g/mol. The number of rotatable bonds is 4. The molecule has 0 fully saturated rings. The third-order valence-electron chi connectivity index (χ3n) is 2.29. The molecule has 0 aliphatic rings. The van der Waals surface area contributed by atoms with E-state index in [1.165, 1.54) is 26.4 Å². The van der Waals surface area contributed by atoms with E-state index >= 15 is 0 Å². The summed E-state index contributed by atoms with van der Waals surface area (Å²) in [6, 6.07) is 3.42. The minimum atomic E-state index is -4.31. The van der Waals surface area contributed by atoms with Gasteiger partial charge in [-0.05, 0) is 18.2 Å². The number of hydrogen-bond donors (Lipinski definition) is 1. The van der Waals surface area contributed by atoms with E-state index in [0.29, 0.717) is 11.5 Å². The topological polar surface area (TPSA) is 44.5 Å². The summed E-state index contributed by atoms with van der Waals surface area (Å²) < 4.78 is 46.7. The summed E-state index contributed by atoms with van der Waals surface area (Å²) in [4.78, 5) is 0. The van der Waals surface area contributed by atoms with Crippen molar-refractivity contribution in [2.75, 3.05) is 14.2 Å². The molecule has 1 atom stereocenters. The van der Waals surface area contributed by atoms with Crippen LogP contribution in [-0.4, -0.2) is 20.4 Å². The van der Waals surface area contributed by atoms with Crippen molar-refractivity contribution in [3.05, 3.63) is 23.8 Å². The summed E-state index contributed by atoms with van der Waals surface area (Å²) in [6.45, 7) is 0. The first-order valence-electron chi connectivity index (χ1n) is 4.91. The van der Waals surface area contributed by atoms with Gasteiger partial charge in [0.15, 0.2) is 0 Å². The van der Waals surface area contributed by atoms with Gasteiger partial charge in [-0.25, -0.2) is 0 Å². The van der Waals surface area contributed by atoms with Crippen LogP contribution in [0.25, 0.3) is 0 Å². The van der Waals surface area contributed by atoms with Crippen LogP contribution in [0.4, 0.5) is 13.2 Å². The lowest BCUT2D eigenvalue weighted by atomic mass is 10.0. The predicted molar refractivity (Wildman–Crippen MR) is 64.4 cm³/mol. The summed E-state index contributed by atoms with van der Waals surface area (Å²) in [5, 5.41) is 0. The molecule has 0 heterocycles. The Balaban J connectivity index is 0.00000289. The molecule has 0 amide bonds. The summed E-state index contributed by atoms with van der Waals surface area (Å²) in [5.41, 5.74) is 5.81. The van der Waals surface area contributed by atoms with Crippen LogP contribution >= 0.6 is 12.4 Å². The SMILES string of the molecule is COc1ccc(OC)c([C@@H](N)CC(F)(F)F)c1.Cl. The van der Waals surface area contributed by atoms with E-state index in [0.717, 1.165) is 0 Å². The zero-order valence-corrected chi connectivity index (χ0v) is 10.8. The molecular formula is C11H15ClF3NO2. The maximum atomic E-state index is 12.3. The van der Waals surface area contributed by atoms with Crippen LogP contribution < -0.4 is 15.2 Å². The van der Waals surface area contributed by atoms with Crippen LogP contribution in [0.3, 0.4) is 0 Å². The Morgan fingerprint density at radius 3 is 2.28 bits per heavy atom. The van der Waals surface area contributed by atoms with Gasteiger partial charge in [-0.15, -0.1) is 12.4 Å². The highest BCUT2D eigenvalue weighted by Crippen LogP contribution is 2.34. The molecule has 0 radical (unpaired) electrons. The summed E-state index contributed by atoms with van der Waals surface area (Å²) in [6.07, 6.45) is -5.41. The first-order chi connectivity index (χ1) is 7.87. The van der Waals surface area contributed by atoms with E-state index in [1.807, 2.05) is 0 Å². The van der Waals surface area contributed by atoms with Crippen LogP contribution in [-0.2, 0) is 0 Å². The number of hydrogen-bond acceptors (Lipinski definition) is 3.